The molecule has 1 saturated carbocycles. The normalized spacial score (nSPS) is 27.1. The van der Waals surface area contributed by atoms with Crippen molar-refractivity contribution in [1.82, 2.24) is 0 Å². The molecule has 0 amide bonds. The highest BCUT2D eigenvalue weighted by Crippen LogP contribution is 2.55. The molecule has 0 spiro atoms. The second kappa shape index (κ2) is 6.89. The number of carboxylic acid groups (broad SMARTS) is 1. The molecule has 2 N–H and O–H groups in total. The van der Waals surface area contributed by atoms with Gasteiger partial charge in [-0.3, -0.25) is 4.79 Å². The minimum Gasteiger partial charge on any atom is -0.508 e. The summed E-state index contributed by atoms with van der Waals surface area (Å²) in [7, 11) is 0. The first-order chi connectivity index (χ1) is 11.8. The van der Waals surface area contributed by atoms with Crippen LogP contribution in [0.1, 0.15) is 76.3 Å². The molecule has 0 aromatic heterocycles. The molecule has 3 unspecified atom stereocenters. The smallest absolute Gasteiger partial charge is 0.306 e. The number of phenolic OH excluding ortho intramolecular Hbond substituents is 1. The van der Waals surface area contributed by atoms with Gasteiger partial charge >= 0.3 is 5.97 Å². The van der Waals surface area contributed by atoms with Crippen LogP contribution >= 0.6 is 0 Å². The largest absolute Gasteiger partial charge is 0.508 e. The number of aromatic hydroxyl groups is 1. The van der Waals surface area contributed by atoms with Gasteiger partial charge in [-0.2, -0.15) is 0 Å². The molecule has 4 heteroatoms. The van der Waals surface area contributed by atoms with Gasteiger partial charge in [0.2, 0.25) is 0 Å². The first-order valence-electron chi connectivity index (χ1n) is 9.61. The van der Waals surface area contributed by atoms with Crippen molar-refractivity contribution in [2.75, 3.05) is 0 Å². The third-order valence-corrected chi connectivity index (χ3v) is 6.09. The number of carboxylic acids is 1. The molecule has 1 aliphatic heterocycles. The van der Waals surface area contributed by atoms with Gasteiger partial charge in [-0.15, -0.1) is 0 Å². The fourth-order valence-corrected chi connectivity index (χ4v) is 4.75. The first-order valence-corrected chi connectivity index (χ1v) is 9.61. The molecule has 2 aliphatic rings. The van der Waals surface area contributed by atoms with Crippen LogP contribution in [-0.2, 0) is 11.2 Å². The Morgan fingerprint density at radius 3 is 2.72 bits per heavy atom. The minimum absolute atomic E-state index is 0.0540. The lowest BCUT2D eigenvalue weighted by Crippen LogP contribution is -2.47. The highest BCUT2D eigenvalue weighted by atomic mass is 16.5. The van der Waals surface area contributed by atoms with Crippen LogP contribution in [0.5, 0.6) is 11.5 Å². The van der Waals surface area contributed by atoms with E-state index in [2.05, 4.69) is 26.8 Å². The number of aliphatic carboxylic acids is 1. The van der Waals surface area contributed by atoms with Crippen LogP contribution in [0.15, 0.2) is 12.1 Å². The van der Waals surface area contributed by atoms with Crippen molar-refractivity contribution in [1.29, 1.82) is 0 Å². The van der Waals surface area contributed by atoms with Crippen molar-refractivity contribution in [2.24, 2.45) is 11.8 Å². The maximum absolute atomic E-state index is 11.5. The van der Waals surface area contributed by atoms with Crippen LogP contribution in [0.2, 0.25) is 0 Å². The number of rotatable bonds is 5. The van der Waals surface area contributed by atoms with E-state index < -0.39 is 5.97 Å². The molecule has 138 valence electrons. The summed E-state index contributed by atoms with van der Waals surface area (Å²) < 4.78 is 6.30. The summed E-state index contributed by atoms with van der Waals surface area (Å²) in [5.41, 5.74) is 1.59. The van der Waals surface area contributed by atoms with Crippen molar-refractivity contribution in [3.05, 3.63) is 23.3 Å². The van der Waals surface area contributed by atoms with E-state index in [0.717, 1.165) is 36.1 Å². The number of ether oxygens (including phenoxy) is 1. The number of hydrogen-bond acceptors (Lipinski definition) is 3. The highest BCUT2D eigenvalue weighted by molar-refractivity contribution is 5.70. The number of unbranched alkanes of at least 4 members (excludes halogenated alkanes) is 2. The van der Waals surface area contributed by atoms with Gasteiger partial charge in [0.25, 0.3) is 0 Å². The van der Waals surface area contributed by atoms with Crippen LogP contribution in [0.3, 0.4) is 0 Å². The van der Waals surface area contributed by atoms with Gasteiger partial charge in [-0.25, -0.2) is 0 Å². The van der Waals surface area contributed by atoms with Gasteiger partial charge in [0.1, 0.15) is 17.1 Å². The number of hydrogen-bond donors (Lipinski definition) is 2. The van der Waals surface area contributed by atoms with E-state index in [-0.39, 0.29) is 29.1 Å². The first kappa shape index (κ1) is 18.1. The lowest BCUT2D eigenvalue weighted by molar-refractivity contribution is -0.144. The Kier molecular flexibility index (Phi) is 4.99. The van der Waals surface area contributed by atoms with Gasteiger partial charge in [0.15, 0.2) is 0 Å². The molecule has 1 aliphatic carbocycles. The van der Waals surface area contributed by atoms with Crippen molar-refractivity contribution in [2.45, 2.75) is 77.2 Å². The molecule has 0 radical (unpaired) electrons. The molecule has 4 nitrogen and oxygen atoms in total. The maximum atomic E-state index is 11.5. The van der Waals surface area contributed by atoms with Crippen LogP contribution in [0.25, 0.3) is 0 Å². The zero-order valence-corrected chi connectivity index (χ0v) is 15.5. The van der Waals surface area contributed by atoms with E-state index >= 15 is 0 Å². The number of fused-ring (bicyclic) bond motifs is 3. The van der Waals surface area contributed by atoms with E-state index in [4.69, 9.17) is 4.74 Å². The van der Waals surface area contributed by atoms with E-state index in [1.54, 1.807) is 0 Å². The van der Waals surface area contributed by atoms with Crippen molar-refractivity contribution < 1.29 is 19.7 Å². The van der Waals surface area contributed by atoms with E-state index in [0.29, 0.717) is 12.8 Å². The second-order valence-corrected chi connectivity index (χ2v) is 8.25. The maximum Gasteiger partial charge on any atom is 0.306 e. The van der Waals surface area contributed by atoms with Crippen LogP contribution in [0.4, 0.5) is 0 Å². The predicted molar refractivity (Wildman–Crippen MR) is 97.3 cm³/mol. The summed E-state index contributed by atoms with van der Waals surface area (Å²) >= 11 is 0. The molecule has 3 atom stereocenters. The Labute approximate surface area is 150 Å². The Morgan fingerprint density at radius 1 is 1.28 bits per heavy atom. The molecule has 0 bridgehead atoms. The predicted octanol–water partition coefficient (Wildman–Crippen LogP) is 4.88. The van der Waals surface area contributed by atoms with Crippen LogP contribution < -0.4 is 4.74 Å². The Balaban J connectivity index is 1.95. The average Bonchev–Trinajstić information content (AvgIpc) is 2.53. The van der Waals surface area contributed by atoms with E-state index in [1.165, 1.54) is 12.8 Å². The van der Waals surface area contributed by atoms with Gasteiger partial charge in [0, 0.05) is 11.5 Å². The summed E-state index contributed by atoms with van der Waals surface area (Å²) in [6.07, 6.45) is 6.48. The van der Waals surface area contributed by atoms with Gasteiger partial charge < -0.3 is 14.9 Å². The minimum atomic E-state index is -0.722. The third kappa shape index (κ3) is 3.49. The molecule has 1 fully saturated rings. The van der Waals surface area contributed by atoms with Gasteiger partial charge in [-0.05, 0) is 69.6 Å². The van der Waals surface area contributed by atoms with Crippen molar-refractivity contribution in [3.8, 4) is 11.5 Å². The summed E-state index contributed by atoms with van der Waals surface area (Å²) in [4.78, 5) is 11.5. The molecular weight excluding hydrogens is 316 g/mol. The summed E-state index contributed by atoms with van der Waals surface area (Å²) in [5, 5.41) is 20.1. The van der Waals surface area contributed by atoms with Crippen molar-refractivity contribution in [3.63, 3.8) is 0 Å². The van der Waals surface area contributed by atoms with Crippen molar-refractivity contribution >= 4 is 5.97 Å². The number of carbonyl (C=O) groups is 1. The molecule has 1 aromatic rings. The quantitative estimate of drug-likeness (QED) is 0.746. The zero-order chi connectivity index (χ0) is 18.2. The number of benzene rings is 1. The SMILES string of the molecule is CCCCCc1cc(O)c2c(c1)OC(C)(C)C1CCC(C(=O)O)CC21. The van der Waals surface area contributed by atoms with E-state index in [1.807, 2.05) is 6.07 Å². The summed E-state index contributed by atoms with van der Waals surface area (Å²) in [5.74, 6) is 0.279. The topological polar surface area (TPSA) is 66.8 Å². The number of phenols is 1. The lowest BCUT2D eigenvalue weighted by atomic mass is 9.64. The molecule has 0 saturated heterocycles. The zero-order valence-electron chi connectivity index (χ0n) is 15.5. The summed E-state index contributed by atoms with van der Waals surface area (Å²) in [6, 6.07) is 3.92. The van der Waals surface area contributed by atoms with Gasteiger partial charge in [0.05, 0.1) is 5.92 Å². The third-order valence-electron chi connectivity index (χ3n) is 6.09. The highest BCUT2D eigenvalue weighted by Gasteiger charge is 2.48. The van der Waals surface area contributed by atoms with E-state index in [9.17, 15) is 15.0 Å². The standard InChI is InChI=1S/C21H30O4/c1-4-5-6-7-13-10-17(22)19-15-12-14(20(23)24)8-9-16(15)21(2,3)25-18(19)11-13/h10-11,14-16,22H,4-9,12H2,1-3H3,(H,23,24). The lowest BCUT2D eigenvalue weighted by Gasteiger charge is -2.48. The Bertz CT molecular complexity index is 650. The van der Waals surface area contributed by atoms with Crippen LogP contribution in [0, 0.1) is 11.8 Å². The Morgan fingerprint density at radius 2 is 2.04 bits per heavy atom. The molecule has 1 aromatic carbocycles. The van der Waals surface area contributed by atoms with Gasteiger partial charge in [-0.1, -0.05) is 19.8 Å². The fraction of sp³-hybridized carbons (Fsp3) is 0.667. The molecule has 1 heterocycles. The molecular formula is C21H30O4. The summed E-state index contributed by atoms with van der Waals surface area (Å²) in [6.45, 7) is 6.36. The fourth-order valence-electron chi connectivity index (χ4n) is 4.75. The molecule has 3 rings (SSSR count). The Hall–Kier alpha value is -1.71. The number of aryl methyl sites for hydroxylation is 1. The average molecular weight is 346 g/mol. The second-order valence-electron chi connectivity index (χ2n) is 8.25. The van der Waals surface area contributed by atoms with Crippen LogP contribution in [-0.4, -0.2) is 21.8 Å². The monoisotopic (exact) mass is 346 g/mol. The molecule has 25 heavy (non-hydrogen) atoms.